The summed E-state index contributed by atoms with van der Waals surface area (Å²) in [5.74, 6) is -0.0791. The highest BCUT2D eigenvalue weighted by Gasteiger charge is 2.27. The first-order valence-electron chi connectivity index (χ1n) is 6.26. The number of piperidine rings is 1. The zero-order valence-corrected chi connectivity index (χ0v) is 11.3. The fourth-order valence-electron chi connectivity index (χ4n) is 2.34. The van der Waals surface area contributed by atoms with Gasteiger partial charge in [-0.25, -0.2) is 0 Å². The molecule has 18 heavy (non-hydrogen) atoms. The van der Waals surface area contributed by atoms with Crippen molar-refractivity contribution in [1.82, 2.24) is 4.90 Å². The summed E-state index contributed by atoms with van der Waals surface area (Å²) in [6.07, 6.45) is 3.64. The molecule has 2 heterocycles. The van der Waals surface area contributed by atoms with Crippen LogP contribution in [0, 0.1) is 0 Å². The molecule has 0 radical (unpaired) electrons. The van der Waals surface area contributed by atoms with Gasteiger partial charge in [-0.1, -0.05) is 6.42 Å². The molecule has 1 fully saturated rings. The Morgan fingerprint density at radius 2 is 2.17 bits per heavy atom. The van der Waals surface area contributed by atoms with Crippen LogP contribution in [0.1, 0.15) is 30.9 Å². The van der Waals surface area contributed by atoms with Gasteiger partial charge in [-0.05, 0) is 49.7 Å². The highest BCUT2D eigenvalue weighted by molar-refractivity contribution is 6.28. The van der Waals surface area contributed by atoms with Crippen LogP contribution in [-0.2, 0) is 9.53 Å². The van der Waals surface area contributed by atoms with Gasteiger partial charge in [-0.2, -0.15) is 0 Å². The van der Waals surface area contributed by atoms with Gasteiger partial charge in [0.2, 0.25) is 0 Å². The van der Waals surface area contributed by atoms with Crippen LogP contribution in [0.25, 0.3) is 0 Å². The number of furan rings is 1. The standard InChI is InChI=1S/C13H18ClNO3/c1-17-13(16)10(11-5-6-12(14)18-11)9-15-7-3-2-4-8-15/h5-6,10H,2-4,7-9H2,1H3. The lowest BCUT2D eigenvalue weighted by Gasteiger charge is -2.28. The minimum Gasteiger partial charge on any atom is -0.468 e. The molecule has 100 valence electrons. The van der Waals surface area contributed by atoms with E-state index in [1.54, 1.807) is 12.1 Å². The summed E-state index contributed by atoms with van der Waals surface area (Å²) in [5.41, 5.74) is 0. The first-order chi connectivity index (χ1) is 8.70. The molecule has 0 bridgehead atoms. The van der Waals surface area contributed by atoms with Crippen LogP contribution in [0.4, 0.5) is 0 Å². The molecule has 0 spiro atoms. The summed E-state index contributed by atoms with van der Waals surface area (Å²) < 4.78 is 10.2. The molecule has 0 aromatic carbocycles. The molecule has 0 saturated carbocycles. The maximum absolute atomic E-state index is 11.8. The average molecular weight is 272 g/mol. The Bertz CT molecular complexity index is 399. The SMILES string of the molecule is COC(=O)C(CN1CCCCC1)c1ccc(Cl)o1. The van der Waals surface area contributed by atoms with E-state index in [0.29, 0.717) is 17.5 Å². The van der Waals surface area contributed by atoms with Crippen LogP contribution in [0.2, 0.25) is 5.22 Å². The van der Waals surface area contributed by atoms with Gasteiger partial charge in [0.05, 0.1) is 7.11 Å². The maximum atomic E-state index is 11.8. The van der Waals surface area contributed by atoms with Gasteiger partial charge in [-0.3, -0.25) is 4.79 Å². The van der Waals surface area contributed by atoms with Gasteiger partial charge in [0, 0.05) is 6.54 Å². The number of hydrogen-bond acceptors (Lipinski definition) is 4. The van der Waals surface area contributed by atoms with Crippen molar-refractivity contribution in [3.63, 3.8) is 0 Å². The molecule has 1 aliphatic heterocycles. The van der Waals surface area contributed by atoms with Crippen LogP contribution in [-0.4, -0.2) is 37.6 Å². The largest absolute Gasteiger partial charge is 0.468 e. The summed E-state index contributed by atoms with van der Waals surface area (Å²) >= 11 is 5.76. The summed E-state index contributed by atoms with van der Waals surface area (Å²) in [6, 6.07) is 3.40. The second-order valence-electron chi connectivity index (χ2n) is 4.58. The molecule has 2 rings (SSSR count). The lowest BCUT2D eigenvalue weighted by atomic mass is 10.0. The number of halogens is 1. The van der Waals surface area contributed by atoms with Crippen LogP contribution in [0.15, 0.2) is 16.5 Å². The van der Waals surface area contributed by atoms with E-state index in [9.17, 15) is 4.79 Å². The zero-order valence-electron chi connectivity index (χ0n) is 10.5. The molecule has 4 nitrogen and oxygen atoms in total. The summed E-state index contributed by atoms with van der Waals surface area (Å²) in [7, 11) is 1.40. The van der Waals surface area contributed by atoms with E-state index in [-0.39, 0.29) is 11.9 Å². The molecule has 5 heteroatoms. The van der Waals surface area contributed by atoms with Gasteiger partial charge in [-0.15, -0.1) is 0 Å². The minimum absolute atomic E-state index is 0.272. The fraction of sp³-hybridized carbons (Fsp3) is 0.615. The number of rotatable bonds is 4. The fourth-order valence-corrected chi connectivity index (χ4v) is 2.49. The van der Waals surface area contributed by atoms with Crippen LogP contribution in [0.5, 0.6) is 0 Å². The molecule has 0 amide bonds. The Labute approximate surface area is 112 Å². The number of esters is 1. The smallest absolute Gasteiger partial charge is 0.317 e. The highest BCUT2D eigenvalue weighted by Crippen LogP contribution is 2.25. The Morgan fingerprint density at radius 1 is 1.44 bits per heavy atom. The molecule has 0 aliphatic carbocycles. The third-order valence-electron chi connectivity index (χ3n) is 3.31. The first-order valence-corrected chi connectivity index (χ1v) is 6.64. The van der Waals surface area contributed by atoms with E-state index in [2.05, 4.69) is 4.90 Å². The van der Waals surface area contributed by atoms with Crippen molar-refractivity contribution in [2.45, 2.75) is 25.2 Å². The van der Waals surface area contributed by atoms with Crippen molar-refractivity contribution in [2.75, 3.05) is 26.7 Å². The number of likely N-dealkylation sites (tertiary alicyclic amines) is 1. The summed E-state index contributed by atoms with van der Waals surface area (Å²) in [4.78, 5) is 14.1. The van der Waals surface area contributed by atoms with E-state index >= 15 is 0 Å². The van der Waals surface area contributed by atoms with Crippen molar-refractivity contribution < 1.29 is 13.9 Å². The maximum Gasteiger partial charge on any atom is 0.317 e. The van der Waals surface area contributed by atoms with Crippen molar-refractivity contribution in [1.29, 1.82) is 0 Å². The van der Waals surface area contributed by atoms with Crippen molar-refractivity contribution in [3.05, 3.63) is 23.1 Å². The number of nitrogens with zero attached hydrogens (tertiary/aromatic N) is 1. The van der Waals surface area contributed by atoms with Crippen LogP contribution < -0.4 is 0 Å². The van der Waals surface area contributed by atoms with Gasteiger partial charge >= 0.3 is 5.97 Å². The average Bonchev–Trinajstić information content (AvgIpc) is 2.83. The van der Waals surface area contributed by atoms with E-state index in [1.807, 2.05) is 0 Å². The topological polar surface area (TPSA) is 42.7 Å². The number of hydrogen-bond donors (Lipinski definition) is 0. The Morgan fingerprint density at radius 3 is 2.72 bits per heavy atom. The van der Waals surface area contributed by atoms with Crippen LogP contribution in [0.3, 0.4) is 0 Å². The minimum atomic E-state index is -0.388. The van der Waals surface area contributed by atoms with Crippen LogP contribution >= 0.6 is 11.6 Å². The normalized spacial score (nSPS) is 18.6. The quantitative estimate of drug-likeness (QED) is 0.790. The van der Waals surface area contributed by atoms with E-state index in [4.69, 9.17) is 20.8 Å². The molecule has 1 saturated heterocycles. The van der Waals surface area contributed by atoms with Gasteiger partial charge < -0.3 is 14.1 Å². The zero-order chi connectivity index (χ0) is 13.0. The molecular formula is C13H18ClNO3. The van der Waals surface area contributed by atoms with Crippen molar-refractivity contribution in [2.24, 2.45) is 0 Å². The van der Waals surface area contributed by atoms with Gasteiger partial charge in [0.15, 0.2) is 5.22 Å². The molecule has 1 unspecified atom stereocenters. The predicted octanol–water partition coefficient (Wildman–Crippen LogP) is 2.68. The Kier molecular flexibility index (Phi) is 4.66. The third-order valence-corrected chi connectivity index (χ3v) is 3.52. The van der Waals surface area contributed by atoms with Gasteiger partial charge in [0.1, 0.15) is 11.7 Å². The second-order valence-corrected chi connectivity index (χ2v) is 4.95. The lowest BCUT2D eigenvalue weighted by Crippen LogP contribution is -2.36. The van der Waals surface area contributed by atoms with E-state index < -0.39 is 0 Å². The Balaban J connectivity index is 2.07. The molecule has 0 N–H and O–H groups in total. The molecule has 1 atom stereocenters. The number of methoxy groups -OCH3 is 1. The summed E-state index contributed by atoms with van der Waals surface area (Å²) in [5, 5.41) is 0.303. The predicted molar refractivity (Wildman–Crippen MR) is 68.8 cm³/mol. The molecular weight excluding hydrogens is 254 g/mol. The number of carbonyl (C=O) groups excluding carboxylic acids is 1. The van der Waals surface area contributed by atoms with Crippen molar-refractivity contribution in [3.8, 4) is 0 Å². The number of ether oxygens (including phenoxy) is 1. The number of carbonyl (C=O) groups is 1. The van der Waals surface area contributed by atoms with E-state index in [1.165, 1.54) is 26.4 Å². The van der Waals surface area contributed by atoms with Gasteiger partial charge in [0.25, 0.3) is 0 Å². The first kappa shape index (κ1) is 13.4. The highest BCUT2D eigenvalue weighted by atomic mass is 35.5. The Hall–Kier alpha value is -1.00. The molecule has 1 aromatic heterocycles. The summed E-state index contributed by atoms with van der Waals surface area (Å²) in [6.45, 7) is 2.69. The van der Waals surface area contributed by atoms with Crippen molar-refractivity contribution >= 4 is 17.6 Å². The lowest BCUT2D eigenvalue weighted by molar-refractivity contribution is -0.143. The van der Waals surface area contributed by atoms with E-state index in [0.717, 1.165) is 13.1 Å². The second kappa shape index (κ2) is 6.25. The molecule has 1 aromatic rings. The third kappa shape index (κ3) is 3.27. The monoisotopic (exact) mass is 271 g/mol. The molecule has 1 aliphatic rings.